The fraction of sp³-hybridized carbons (Fsp3) is 0.333. The lowest BCUT2D eigenvalue weighted by atomic mass is 10.1. The van der Waals surface area contributed by atoms with Gasteiger partial charge in [-0.25, -0.2) is 17.5 Å². The third-order valence-electron chi connectivity index (χ3n) is 2.93. The van der Waals surface area contributed by atoms with Crippen molar-refractivity contribution < 1.29 is 17.3 Å². The minimum absolute atomic E-state index is 0.0549. The van der Waals surface area contributed by atoms with E-state index in [1.165, 1.54) is 19.1 Å². The monoisotopic (exact) mass is 314 g/mol. The number of nitrogens with zero attached hydrogens (tertiary/aromatic N) is 2. The molecule has 0 bridgehead atoms. The van der Waals surface area contributed by atoms with Crippen molar-refractivity contribution in [3.8, 4) is 0 Å². The van der Waals surface area contributed by atoms with E-state index in [1.54, 1.807) is 0 Å². The van der Waals surface area contributed by atoms with Gasteiger partial charge in [0.1, 0.15) is 5.82 Å². The highest BCUT2D eigenvalue weighted by atomic mass is 32.2. The molecule has 0 spiro atoms. The van der Waals surface area contributed by atoms with Crippen LogP contribution in [0.4, 0.5) is 4.39 Å². The van der Waals surface area contributed by atoms with Crippen molar-refractivity contribution in [1.82, 2.24) is 14.9 Å². The second-order valence-electron chi connectivity index (χ2n) is 4.40. The van der Waals surface area contributed by atoms with Gasteiger partial charge in [-0.05, 0) is 24.6 Å². The zero-order chi connectivity index (χ0) is 15.5. The molecule has 0 aliphatic heterocycles. The van der Waals surface area contributed by atoms with E-state index in [1.807, 2.05) is 0 Å². The van der Waals surface area contributed by atoms with Crippen LogP contribution < -0.4 is 10.5 Å². The molecule has 0 unspecified atom stereocenters. The summed E-state index contributed by atoms with van der Waals surface area (Å²) in [5, 5.41) is 3.57. The Hall–Kier alpha value is -1.84. The third-order valence-corrected chi connectivity index (χ3v) is 4.52. The van der Waals surface area contributed by atoms with Crippen LogP contribution in [0.3, 0.4) is 0 Å². The van der Waals surface area contributed by atoms with Crippen LogP contribution in [0.25, 0.3) is 0 Å². The molecule has 9 heteroatoms. The molecule has 0 radical (unpaired) electrons. The molecule has 21 heavy (non-hydrogen) atoms. The molecule has 1 heterocycles. The topological polar surface area (TPSA) is 111 Å². The van der Waals surface area contributed by atoms with Crippen LogP contribution in [0.5, 0.6) is 0 Å². The van der Waals surface area contributed by atoms with E-state index in [0.29, 0.717) is 11.4 Å². The largest absolute Gasteiger partial charge is 0.343 e. The van der Waals surface area contributed by atoms with E-state index < -0.39 is 15.8 Å². The second kappa shape index (κ2) is 6.29. The lowest BCUT2D eigenvalue weighted by Gasteiger charge is -2.11. The Morgan fingerprint density at radius 1 is 1.43 bits per heavy atom. The van der Waals surface area contributed by atoms with E-state index in [2.05, 4.69) is 19.4 Å². The van der Waals surface area contributed by atoms with Crippen LogP contribution >= 0.6 is 0 Å². The van der Waals surface area contributed by atoms with Gasteiger partial charge in [-0.1, -0.05) is 5.16 Å². The predicted octanol–water partition coefficient (Wildman–Crippen LogP) is 0.497. The van der Waals surface area contributed by atoms with Gasteiger partial charge in [0.05, 0.1) is 4.90 Å². The van der Waals surface area contributed by atoms with Crippen LogP contribution in [-0.2, 0) is 23.0 Å². The molecule has 1 aromatic heterocycles. The molecule has 7 nitrogen and oxygen atoms in total. The molecule has 2 rings (SSSR count). The van der Waals surface area contributed by atoms with E-state index in [4.69, 9.17) is 5.73 Å². The number of rotatable bonds is 6. The van der Waals surface area contributed by atoms with Crippen molar-refractivity contribution in [2.24, 2.45) is 5.73 Å². The number of hydrogen-bond acceptors (Lipinski definition) is 6. The first-order valence-corrected chi connectivity index (χ1v) is 7.66. The highest BCUT2D eigenvalue weighted by Crippen LogP contribution is 2.20. The molecule has 1 aromatic carbocycles. The summed E-state index contributed by atoms with van der Waals surface area (Å²) in [4.78, 5) is 3.66. The quantitative estimate of drug-likeness (QED) is 0.803. The van der Waals surface area contributed by atoms with E-state index in [0.717, 1.165) is 6.39 Å². The number of sulfonamides is 1. The minimum Gasteiger partial charge on any atom is -0.343 e. The summed E-state index contributed by atoms with van der Waals surface area (Å²) in [6.45, 7) is 1.54. The predicted molar refractivity (Wildman–Crippen MR) is 72.2 cm³/mol. The van der Waals surface area contributed by atoms with Gasteiger partial charge in [-0.15, -0.1) is 0 Å². The maximum atomic E-state index is 13.7. The minimum atomic E-state index is -3.83. The molecule has 0 fully saturated rings. The molecular formula is C12H15FN4O3S. The Balaban J connectivity index is 2.17. The van der Waals surface area contributed by atoms with Crippen molar-refractivity contribution in [1.29, 1.82) is 0 Å². The smallest absolute Gasteiger partial charge is 0.240 e. The standard InChI is InChI=1S/C12H15FN4O3S/c1-8-10(13)4-9(6-14)5-11(8)21(18,19)16-3-2-12-15-7-20-17-12/h4-5,7,16H,2-3,6,14H2,1H3. The van der Waals surface area contributed by atoms with Gasteiger partial charge in [0.15, 0.2) is 5.82 Å². The van der Waals surface area contributed by atoms with Gasteiger partial charge < -0.3 is 10.3 Å². The summed E-state index contributed by atoms with van der Waals surface area (Å²) in [5.74, 6) is -0.215. The number of halogens is 1. The molecular weight excluding hydrogens is 299 g/mol. The lowest BCUT2D eigenvalue weighted by molar-refractivity contribution is 0.410. The average molecular weight is 314 g/mol. The van der Waals surface area contributed by atoms with E-state index in [-0.39, 0.29) is 30.0 Å². The van der Waals surface area contributed by atoms with Gasteiger partial charge in [-0.3, -0.25) is 0 Å². The van der Waals surface area contributed by atoms with Gasteiger partial charge in [-0.2, -0.15) is 4.98 Å². The van der Waals surface area contributed by atoms with Crippen LogP contribution in [0, 0.1) is 12.7 Å². The van der Waals surface area contributed by atoms with Crippen LogP contribution in [0.1, 0.15) is 17.0 Å². The summed E-state index contributed by atoms with van der Waals surface area (Å²) >= 11 is 0. The zero-order valence-corrected chi connectivity index (χ0v) is 12.2. The Morgan fingerprint density at radius 2 is 2.19 bits per heavy atom. The average Bonchev–Trinajstić information content (AvgIpc) is 2.94. The van der Waals surface area contributed by atoms with Crippen LogP contribution in [0.15, 0.2) is 27.9 Å². The van der Waals surface area contributed by atoms with Crippen molar-refractivity contribution >= 4 is 10.0 Å². The molecule has 0 atom stereocenters. The van der Waals surface area contributed by atoms with Gasteiger partial charge in [0, 0.05) is 25.1 Å². The first-order chi connectivity index (χ1) is 9.94. The van der Waals surface area contributed by atoms with Gasteiger partial charge in [0.25, 0.3) is 0 Å². The lowest BCUT2D eigenvalue weighted by Crippen LogP contribution is -2.27. The number of hydrogen-bond donors (Lipinski definition) is 2. The Labute approximate surface area is 121 Å². The molecule has 0 amide bonds. The summed E-state index contributed by atoms with van der Waals surface area (Å²) < 4.78 is 45.1. The molecule has 0 saturated carbocycles. The Morgan fingerprint density at radius 3 is 2.81 bits per heavy atom. The van der Waals surface area contributed by atoms with Crippen LogP contribution in [0.2, 0.25) is 0 Å². The van der Waals surface area contributed by atoms with Gasteiger partial charge in [0.2, 0.25) is 16.4 Å². The third kappa shape index (κ3) is 3.63. The van der Waals surface area contributed by atoms with Crippen molar-refractivity contribution in [2.75, 3.05) is 6.54 Å². The highest BCUT2D eigenvalue weighted by molar-refractivity contribution is 7.89. The summed E-state index contributed by atoms with van der Waals surface area (Å²) in [6, 6.07) is 2.60. The number of nitrogens with one attached hydrogen (secondary N) is 1. The maximum Gasteiger partial charge on any atom is 0.240 e. The van der Waals surface area contributed by atoms with E-state index >= 15 is 0 Å². The van der Waals surface area contributed by atoms with Crippen LogP contribution in [-0.4, -0.2) is 25.1 Å². The number of aromatic nitrogens is 2. The van der Waals surface area contributed by atoms with Crippen molar-refractivity contribution in [3.63, 3.8) is 0 Å². The first kappa shape index (κ1) is 15.5. The normalized spacial score (nSPS) is 11.8. The maximum absolute atomic E-state index is 13.7. The van der Waals surface area contributed by atoms with E-state index in [9.17, 15) is 12.8 Å². The fourth-order valence-electron chi connectivity index (χ4n) is 1.78. The first-order valence-electron chi connectivity index (χ1n) is 6.18. The zero-order valence-electron chi connectivity index (χ0n) is 11.3. The fourth-order valence-corrected chi connectivity index (χ4v) is 3.11. The Bertz CT molecular complexity index is 716. The summed E-state index contributed by atoms with van der Waals surface area (Å²) in [5.41, 5.74) is 5.90. The summed E-state index contributed by atoms with van der Waals surface area (Å²) in [7, 11) is -3.83. The molecule has 114 valence electrons. The SMILES string of the molecule is Cc1c(F)cc(CN)cc1S(=O)(=O)NCCc1ncon1. The molecule has 3 N–H and O–H groups in total. The number of benzene rings is 1. The molecule has 0 aliphatic carbocycles. The van der Waals surface area contributed by atoms with Gasteiger partial charge >= 0.3 is 0 Å². The second-order valence-corrected chi connectivity index (χ2v) is 6.14. The highest BCUT2D eigenvalue weighted by Gasteiger charge is 2.20. The molecule has 0 aliphatic rings. The molecule has 0 saturated heterocycles. The van der Waals surface area contributed by atoms with Crippen molar-refractivity contribution in [3.05, 3.63) is 41.3 Å². The molecule has 2 aromatic rings. The number of nitrogens with two attached hydrogens (primary N) is 1. The summed E-state index contributed by atoms with van der Waals surface area (Å²) in [6.07, 6.45) is 1.43. The Kier molecular flexibility index (Phi) is 4.66. The van der Waals surface area contributed by atoms with Crippen molar-refractivity contribution in [2.45, 2.75) is 24.8 Å².